The largest absolute Gasteiger partial charge is 0.392 e. The summed E-state index contributed by atoms with van der Waals surface area (Å²) in [7, 11) is 0. The zero-order chi connectivity index (χ0) is 11.8. The lowest BCUT2D eigenvalue weighted by molar-refractivity contribution is 0.217. The first-order valence-electron chi connectivity index (χ1n) is 6.54. The van der Waals surface area contributed by atoms with Crippen molar-refractivity contribution < 1.29 is 5.11 Å². The number of aliphatic hydroxyl groups is 1. The molecule has 1 saturated carbocycles. The third-order valence-electron chi connectivity index (χ3n) is 4.80. The second-order valence-electron chi connectivity index (χ2n) is 5.93. The van der Waals surface area contributed by atoms with E-state index < -0.39 is 0 Å². The minimum absolute atomic E-state index is 0.160. The van der Waals surface area contributed by atoms with Crippen LogP contribution >= 0.6 is 0 Å². The predicted octanol–water partition coefficient (Wildman–Crippen LogP) is 3.84. The van der Waals surface area contributed by atoms with Crippen LogP contribution in [0.5, 0.6) is 0 Å². The molecule has 2 aliphatic rings. The number of hydrogen-bond acceptors (Lipinski definition) is 1. The summed E-state index contributed by atoms with van der Waals surface area (Å²) in [5, 5.41) is 9.20. The molecule has 1 N–H and O–H groups in total. The summed E-state index contributed by atoms with van der Waals surface area (Å²) in [6, 6.07) is 0. The summed E-state index contributed by atoms with van der Waals surface area (Å²) in [4.78, 5) is 0. The van der Waals surface area contributed by atoms with E-state index in [0.717, 1.165) is 12.0 Å². The minimum atomic E-state index is 0.160. The molecule has 0 aliphatic heterocycles. The molecule has 0 unspecified atom stereocenters. The summed E-state index contributed by atoms with van der Waals surface area (Å²) in [6.45, 7) is 8.91. The second-order valence-corrected chi connectivity index (χ2v) is 5.93. The Kier molecular flexibility index (Phi) is 3.25. The topological polar surface area (TPSA) is 20.2 Å². The van der Waals surface area contributed by atoms with Crippen LogP contribution in [0.1, 0.15) is 52.4 Å². The van der Waals surface area contributed by atoms with Crippen molar-refractivity contribution >= 4 is 0 Å². The molecule has 0 bridgehead atoms. The van der Waals surface area contributed by atoms with E-state index in [0.29, 0.717) is 11.3 Å². The maximum atomic E-state index is 9.20. The molecule has 90 valence electrons. The van der Waals surface area contributed by atoms with Gasteiger partial charge in [-0.1, -0.05) is 24.6 Å². The van der Waals surface area contributed by atoms with E-state index in [1.54, 1.807) is 11.1 Å². The van der Waals surface area contributed by atoms with Gasteiger partial charge >= 0.3 is 0 Å². The first kappa shape index (κ1) is 11.9. The van der Waals surface area contributed by atoms with Crippen molar-refractivity contribution in [2.45, 2.75) is 52.4 Å². The third-order valence-corrected chi connectivity index (χ3v) is 4.80. The van der Waals surface area contributed by atoms with Gasteiger partial charge in [0.15, 0.2) is 0 Å². The molecule has 0 saturated heterocycles. The molecule has 0 radical (unpaired) electrons. The summed E-state index contributed by atoms with van der Waals surface area (Å²) < 4.78 is 0. The van der Waals surface area contributed by atoms with E-state index in [-0.39, 0.29) is 6.61 Å². The molecule has 1 nitrogen and oxygen atoms in total. The van der Waals surface area contributed by atoms with Crippen LogP contribution in [-0.4, -0.2) is 11.7 Å². The fourth-order valence-corrected chi connectivity index (χ4v) is 3.58. The van der Waals surface area contributed by atoms with Crippen LogP contribution in [0.3, 0.4) is 0 Å². The summed E-state index contributed by atoms with van der Waals surface area (Å²) in [5.74, 6) is 0.529. The lowest BCUT2D eigenvalue weighted by Gasteiger charge is -2.44. The van der Waals surface area contributed by atoms with E-state index in [2.05, 4.69) is 20.4 Å². The van der Waals surface area contributed by atoms with Crippen LogP contribution in [0.2, 0.25) is 0 Å². The molecule has 0 aromatic rings. The molecule has 2 rings (SSSR count). The van der Waals surface area contributed by atoms with Crippen LogP contribution in [0.4, 0.5) is 0 Å². The van der Waals surface area contributed by atoms with Crippen molar-refractivity contribution in [3.63, 3.8) is 0 Å². The van der Waals surface area contributed by atoms with Gasteiger partial charge in [0, 0.05) is 0 Å². The standard InChI is InChI=1S/C15H24O/c1-11-5-4-7-15(3)8-6-13(9-14(11)15)12(2)10-16/h13,16H,2,4-10H2,1,3H3/t13-,15-/m1/s1. The molecular formula is C15H24O. The van der Waals surface area contributed by atoms with Crippen LogP contribution in [0.15, 0.2) is 23.3 Å². The average Bonchev–Trinajstić information content (AvgIpc) is 2.27. The zero-order valence-corrected chi connectivity index (χ0v) is 10.7. The van der Waals surface area contributed by atoms with Crippen LogP contribution < -0.4 is 0 Å². The minimum Gasteiger partial charge on any atom is -0.392 e. The van der Waals surface area contributed by atoms with Gasteiger partial charge in [-0.25, -0.2) is 0 Å². The highest BCUT2D eigenvalue weighted by Gasteiger charge is 2.38. The third kappa shape index (κ3) is 1.98. The van der Waals surface area contributed by atoms with Gasteiger partial charge in [0.05, 0.1) is 6.61 Å². The fraction of sp³-hybridized carbons (Fsp3) is 0.733. The highest BCUT2D eigenvalue weighted by molar-refractivity contribution is 5.27. The van der Waals surface area contributed by atoms with Crippen LogP contribution in [0.25, 0.3) is 0 Å². The lowest BCUT2D eigenvalue weighted by Crippen LogP contribution is -2.31. The Balaban J connectivity index is 2.21. The van der Waals surface area contributed by atoms with Crippen LogP contribution in [0, 0.1) is 11.3 Å². The summed E-state index contributed by atoms with van der Waals surface area (Å²) >= 11 is 0. The summed E-state index contributed by atoms with van der Waals surface area (Å²) in [6.07, 6.45) is 7.65. The van der Waals surface area contributed by atoms with Gasteiger partial charge in [-0.15, -0.1) is 0 Å². The van der Waals surface area contributed by atoms with E-state index in [4.69, 9.17) is 0 Å². The van der Waals surface area contributed by atoms with Crippen molar-refractivity contribution in [3.8, 4) is 0 Å². The lowest BCUT2D eigenvalue weighted by atomic mass is 9.61. The molecule has 1 fully saturated rings. The Morgan fingerprint density at radius 1 is 1.50 bits per heavy atom. The normalized spacial score (nSPS) is 34.8. The Morgan fingerprint density at radius 3 is 2.94 bits per heavy atom. The Labute approximate surface area is 99.3 Å². The monoisotopic (exact) mass is 220 g/mol. The number of fused-ring (bicyclic) bond motifs is 1. The molecule has 0 heterocycles. The van der Waals surface area contributed by atoms with Gasteiger partial charge in [0.1, 0.15) is 0 Å². The molecule has 2 atom stereocenters. The smallest absolute Gasteiger partial charge is 0.0641 e. The maximum absolute atomic E-state index is 9.20. The van der Waals surface area contributed by atoms with Crippen molar-refractivity contribution in [3.05, 3.63) is 23.3 Å². The number of aliphatic hydroxyl groups excluding tert-OH is 1. The van der Waals surface area contributed by atoms with Crippen LogP contribution in [-0.2, 0) is 0 Å². The maximum Gasteiger partial charge on any atom is 0.0641 e. The molecule has 16 heavy (non-hydrogen) atoms. The van der Waals surface area contributed by atoms with Gasteiger partial charge in [-0.2, -0.15) is 0 Å². The van der Waals surface area contributed by atoms with E-state index in [1.165, 1.54) is 32.1 Å². The number of hydrogen-bond donors (Lipinski definition) is 1. The Bertz CT molecular complexity index is 326. The second kappa shape index (κ2) is 4.37. The van der Waals surface area contributed by atoms with Gasteiger partial charge in [-0.3, -0.25) is 0 Å². The van der Waals surface area contributed by atoms with Gasteiger partial charge < -0.3 is 5.11 Å². The molecule has 0 aromatic heterocycles. The summed E-state index contributed by atoms with van der Waals surface area (Å²) in [5.41, 5.74) is 4.80. The van der Waals surface area contributed by atoms with Gasteiger partial charge in [-0.05, 0) is 62.4 Å². The fourth-order valence-electron chi connectivity index (χ4n) is 3.58. The SMILES string of the molecule is C=C(CO)[C@@H]1CC[C@@]2(C)CCCC(C)=C2C1. The van der Waals surface area contributed by atoms with Crippen molar-refractivity contribution in [2.24, 2.45) is 11.3 Å². The quantitative estimate of drug-likeness (QED) is 0.701. The number of rotatable bonds is 2. The zero-order valence-electron chi connectivity index (χ0n) is 10.7. The molecule has 1 heteroatoms. The average molecular weight is 220 g/mol. The molecular weight excluding hydrogens is 196 g/mol. The van der Waals surface area contributed by atoms with Gasteiger partial charge in [0.2, 0.25) is 0 Å². The van der Waals surface area contributed by atoms with Crippen molar-refractivity contribution in [1.82, 2.24) is 0 Å². The predicted molar refractivity (Wildman–Crippen MR) is 68.2 cm³/mol. The van der Waals surface area contributed by atoms with Crippen molar-refractivity contribution in [2.75, 3.05) is 6.61 Å². The molecule has 0 spiro atoms. The highest BCUT2D eigenvalue weighted by atomic mass is 16.3. The number of allylic oxidation sites excluding steroid dienone is 2. The molecule has 0 aromatic carbocycles. The highest BCUT2D eigenvalue weighted by Crippen LogP contribution is 2.51. The van der Waals surface area contributed by atoms with E-state index >= 15 is 0 Å². The first-order valence-corrected chi connectivity index (χ1v) is 6.54. The van der Waals surface area contributed by atoms with Crippen molar-refractivity contribution in [1.29, 1.82) is 0 Å². The van der Waals surface area contributed by atoms with E-state index in [9.17, 15) is 5.11 Å². The Hall–Kier alpha value is -0.560. The Morgan fingerprint density at radius 2 is 2.25 bits per heavy atom. The molecule has 2 aliphatic carbocycles. The first-order chi connectivity index (χ1) is 7.57. The van der Waals surface area contributed by atoms with Gasteiger partial charge in [0.25, 0.3) is 0 Å². The van der Waals surface area contributed by atoms with E-state index in [1.807, 2.05) is 0 Å². The molecule has 0 amide bonds.